The number of nitrogens with one attached hydrogen (secondary N) is 1. The first-order chi connectivity index (χ1) is 16.1. The molecule has 0 bridgehead atoms. The molecule has 2 atom stereocenters. The van der Waals surface area contributed by atoms with Crippen LogP contribution >= 0.6 is 0 Å². The zero-order valence-electron chi connectivity index (χ0n) is 19.0. The van der Waals surface area contributed by atoms with Gasteiger partial charge in [0.25, 0.3) is 0 Å². The molecular weight excluding hydrogens is 467 g/mol. The van der Waals surface area contributed by atoms with Crippen molar-refractivity contribution in [3.63, 3.8) is 0 Å². The summed E-state index contributed by atoms with van der Waals surface area (Å²) in [5.74, 6) is 0.292. The van der Waals surface area contributed by atoms with Crippen LogP contribution in [-0.4, -0.2) is 51.0 Å². The number of alkyl halides is 3. The molecule has 2 aromatic rings. The van der Waals surface area contributed by atoms with Crippen LogP contribution in [0.1, 0.15) is 49.1 Å². The number of rotatable bonds is 7. The largest absolute Gasteiger partial charge is 0.419 e. The lowest BCUT2D eigenvalue weighted by atomic mass is 9.83. The van der Waals surface area contributed by atoms with Crippen molar-refractivity contribution < 1.29 is 26.3 Å². The van der Waals surface area contributed by atoms with Crippen LogP contribution in [0.2, 0.25) is 0 Å². The van der Waals surface area contributed by atoms with Gasteiger partial charge in [-0.3, -0.25) is 0 Å². The van der Waals surface area contributed by atoms with Crippen LogP contribution in [0.4, 0.5) is 19.0 Å². The average Bonchev–Trinajstić information content (AvgIpc) is 3.18. The lowest BCUT2D eigenvalue weighted by Gasteiger charge is -2.34. The second-order valence-electron chi connectivity index (χ2n) is 9.14. The summed E-state index contributed by atoms with van der Waals surface area (Å²) in [5.41, 5.74) is 0.485. The predicted octanol–water partition coefficient (Wildman–Crippen LogP) is 4.34. The molecule has 2 aliphatic rings. The van der Waals surface area contributed by atoms with Crippen LogP contribution in [0.25, 0.3) is 0 Å². The number of hydrogen-bond acceptors (Lipinski definition) is 5. The topological polar surface area (TPSA) is 71.5 Å². The van der Waals surface area contributed by atoms with Gasteiger partial charge in [0.1, 0.15) is 5.82 Å². The van der Waals surface area contributed by atoms with E-state index in [1.165, 1.54) is 17.8 Å². The molecule has 0 radical (unpaired) electrons. The van der Waals surface area contributed by atoms with E-state index in [1.54, 1.807) is 4.90 Å². The number of benzene rings is 1. The minimum atomic E-state index is -4.56. The maximum Gasteiger partial charge on any atom is 0.419 e. The van der Waals surface area contributed by atoms with Crippen LogP contribution < -0.4 is 9.62 Å². The van der Waals surface area contributed by atoms with Crippen LogP contribution in [0, 0.1) is 0 Å². The normalized spacial score (nSPS) is 26.1. The molecule has 10 heteroatoms. The van der Waals surface area contributed by atoms with Crippen LogP contribution in [-0.2, 0) is 20.9 Å². The molecule has 2 heterocycles. The molecule has 1 aromatic heterocycles. The van der Waals surface area contributed by atoms with Crippen molar-refractivity contribution in [3.05, 3.63) is 59.8 Å². The van der Waals surface area contributed by atoms with E-state index in [0.717, 1.165) is 38.0 Å². The lowest BCUT2D eigenvalue weighted by molar-refractivity contribution is -0.137. The Kier molecular flexibility index (Phi) is 7.49. The fraction of sp³-hybridized carbons (Fsp3) is 0.542. The third-order valence-electron chi connectivity index (χ3n) is 6.72. The second-order valence-corrected chi connectivity index (χ2v) is 10.9. The van der Waals surface area contributed by atoms with E-state index in [0.29, 0.717) is 12.3 Å². The van der Waals surface area contributed by atoms with Crippen LogP contribution in [0.5, 0.6) is 0 Å². The van der Waals surface area contributed by atoms with Gasteiger partial charge in [-0.05, 0) is 55.7 Å². The fourth-order valence-corrected chi connectivity index (χ4v) is 5.93. The summed E-state index contributed by atoms with van der Waals surface area (Å²) < 4.78 is 73.5. The highest BCUT2D eigenvalue weighted by Gasteiger charge is 2.42. The Hall–Kier alpha value is -2.17. The minimum Gasteiger partial charge on any atom is -0.376 e. The quantitative estimate of drug-likeness (QED) is 0.616. The number of hydrogen-bond donors (Lipinski definition) is 1. The molecule has 0 unspecified atom stereocenters. The molecule has 1 aliphatic carbocycles. The molecule has 1 aliphatic heterocycles. The Morgan fingerprint density at radius 3 is 2.41 bits per heavy atom. The second kappa shape index (κ2) is 10.2. The summed E-state index contributed by atoms with van der Waals surface area (Å²) in [6.07, 6.45) is 1.85. The van der Waals surface area contributed by atoms with Crippen molar-refractivity contribution in [2.45, 2.75) is 62.4 Å². The van der Waals surface area contributed by atoms with Gasteiger partial charge in [-0.15, -0.1) is 0 Å². The number of ether oxygens (including phenoxy) is 1. The first-order valence-electron chi connectivity index (χ1n) is 11.5. The Labute approximate surface area is 198 Å². The van der Waals surface area contributed by atoms with E-state index >= 15 is 0 Å². The molecule has 6 nitrogen and oxygen atoms in total. The number of halogens is 3. The smallest absolute Gasteiger partial charge is 0.376 e. The first kappa shape index (κ1) is 24.9. The third kappa shape index (κ3) is 6.09. The molecule has 1 saturated heterocycles. The van der Waals surface area contributed by atoms with Gasteiger partial charge in [0.15, 0.2) is 0 Å². The number of sulfonamides is 1. The summed E-state index contributed by atoms with van der Waals surface area (Å²) in [5, 5.41) is 0. The summed E-state index contributed by atoms with van der Waals surface area (Å²) in [6, 6.07) is 11.5. The number of aromatic nitrogens is 1. The van der Waals surface area contributed by atoms with Gasteiger partial charge in [0.2, 0.25) is 10.0 Å². The highest BCUT2D eigenvalue weighted by Crippen LogP contribution is 2.38. The van der Waals surface area contributed by atoms with Crippen LogP contribution in [0.15, 0.2) is 48.7 Å². The minimum absolute atomic E-state index is 0.00730. The summed E-state index contributed by atoms with van der Waals surface area (Å²) in [7, 11) is -3.54. The molecule has 186 valence electrons. The fourth-order valence-electron chi connectivity index (χ4n) is 5.10. The van der Waals surface area contributed by atoms with E-state index in [9.17, 15) is 21.6 Å². The van der Waals surface area contributed by atoms with Crippen molar-refractivity contribution in [2.24, 2.45) is 0 Å². The van der Waals surface area contributed by atoms with E-state index < -0.39 is 33.8 Å². The maximum absolute atomic E-state index is 13.6. The molecule has 1 N–H and O–H groups in total. The van der Waals surface area contributed by atoms with Gasteiger partial charge >= 0.3 is 6.18 Å². The van der Waals surface area contributed by atoms with Crippen molar-refractivity contribution in [2.75, 3.05) is 24.3 Å². The lowest BCUT2D eigenvalue weighted by Crippen LogP contribution is -2.48. The highest BCUT2D eigenvalue weighted by atomic mass is 32.2. The Morgan fingerprint density at radius 1 is 1.06 bits per heavy atom. The van der Waals surface area contributed by atoms with Gasteiger partial charge < -0.3 is 9.64 Å². The van der Waals surface area contributed by atoms with Gasteiger partial charge in [0, 0.05) is 18.8 Å². The van der Waals surface area contributed by atoms with Gasteiger partial charge in [0.05, 0.1) is 30.6 Å². The number of pyridine rings is 1. The molecule has 2 fully saturated rings. The van der Waals surface area contributed by atoms with Crippen molar-refractivity contribution in [1.29, 1.82) is 0 Å². The van der Waals surface area contributed by atoms with Gasteiger partial charge in [-0.1, -0.05) is 30.3 Å². The zero-order valence-corrected chi connectivity index (χ0v) is 19.9. The average molecular weight is 498 g/mol. The summed E-state index contributed by atoms with van der Waals surface area (Å²) in [4.78, 5) is 5.56. The summed E-state index contributed by atoms with van der Waals surface area (Å²) >= 11 is 0. The molecule has 34 heavy (non-hydrogen) atoms. The van der Waals surface area contributed by atoms with E-state index in [1.807, 2.05) is 18.2 Å². The zero-order chi connectivity index (χ0) is 24.3. The van der Waals surface area contributed by atoms with E-state index in [-0.39, 0.29) is 25.1 Å². The van der Waals surface area contributed by atoms with Gasteiger partial charge in [-0.25, -0.2) is 18.1 Å². The standard InChI is InChI=1S/C24H30F3N3O3S/c1-34(31,32)29-21-13-15-30(23-20(24(25,26)27)8-5-14-28-23)22(21)16-33-19-11-9-18(10-12-19)17-6-3-2-4-7-17/h2-8,14,18-19,21-22,29H,9-13,15-16H2,1H3/t18-,19+,21-,22-/m0/s1. The van der Waals surface area contributed by atoms with Crippen LogP contribution in [0.3, 0.4) is 0 Å². The van der Waals surface area contributed by atoms with Crippen molar-refractivity contribution in [3.8, 4) is 0 Å². The van der Waals surface area contributed by atoms with E-state index in [4.69, 9.17) is 4.74 Å². The predicted molar refractivity (Wildman–Crippen MR) is 124 cm³/mol. The Bertz CT molecular complexity index is 1060. The molecule has 4 rings (SSSR count). The molecule has 1 saturated carbocycles. The monoisotopic (exact) mass is 497 g/mol. The van der Waals surface area contributed by atoms with Gasteiger partial charge in [-0.2, -0.15) is 13.2 Å². The molecular formula is C24H30F3N3O3S. The van der Waals surface area contributed by atoms with Crippen molar-refractivity contribution >= 4 is 15.8 Å². The maximum atomic E-state index is 13.6. The SMILES string of the molecule is CS(=O)(=O)N[C@H]1CCN(c2ncccc2C(F)(F)F)[C@H]1CO[C@H]1CC[C@@H](c2ccccc2)CC1. The number of anilines is 1. The Balaban J connectivity index is 1.46. The first-order valence-corrected chi connectivity index (χ1v) is 13.4. The molecule has 0 amide bonds. The van der Waals surface area contributed by atoms with E-state index in [2.05, 4.69) is 21.8 Å². The third-order valence-corrected chi connectivity index (χ3v) is 7.45. The number of nitrogens with zero attached hydrogens (tertiary/aromatic N) is 2. The van der Waals surface area contributed by atoms with Crippen molar-refractivity contribution in [1.82, 2.24) is 9.71 Å². The molecule has 1 aromatic carbocycles. The highest BCUT2D eigenvalue weighted by molar-refractivity contribution is 7.88. The Morgan fingerprint density at radius 2 is 1.76 bits per heavy atom. The molecule has 0 spiro atoms. The summed E-state index contributed by atoms with van der Waals surface area (Å²) in [6.45, 7) is 0.379.